The first-order valence-electron chi connectivity index (χ1n) is 12.0. The zero-order valence-electron chi connectivity index (χ0n) is 19.8. The van der Waals surface area contributed by atoms with Gasteiger partial charge in [-0.25, -0.2) is 4.39 Å². The van der Waals surface area contributed by atoms with Crippen LogP contribution in [0.25, 0.3) is 0 Å². The maximum absolute atomic E-state index is 13.6. The normalized spacial score (nSPS) is 11.6. The Hall–Kier alpha value is -3.47. The predicted octanol–water partition coefficient (Wildman–Crippen LogP) is 5.83. The van der Waals surface area contributed by atoms with Crippen molar-refractivity contribution in [3.63, 3.8) is 0 Å². The minimum Gasteiger partial charge on any atom is -0.354 e. The van der Waals surface area contributed by atoms with Crippen molar-refractivity contribution in [1.29, 1.82) is 0 Å². The second-order valence-electron chi connectivity index (χ2n) is 8.45. The highest BCUT2D eigenvalue weighted by Crippen LogP contribution is 2.25. The molecule has 178 valence electrons. The lowest BCUT2D eigenvalue weighted by Crippen LogP contribution is -2.43. The van der Waals surface area contributed by atoms with Crippen molar-refractivity contribution in [1.82, 2.24) is 10.2 Å². The highest BCUT2D eigenvalue weighted by atomic mass is 19.1. The molecule has 1 atom stereocenters. The Kier molecular flexibility index (Phi) is 9.83. The van der Waals surface area contributed by atoms with Gasteiger partial charge in [-0.1, -0.05) is 92.6 Å². The minimum atomic E-state index is -0.767. The first-order valence-corrected chi connectivity index (χ1v) is 12.0. The molecule has 3 aromatic rings. The molecule has 0 bridgehead atoms. The van der Waals surface area contributed by atoms with Gasteiger partial charge in [0.05, 0.1) is 0 Å². The van der Waals surface area contributed by atoms with E-state index in [0.29, 0.717) is 13.0 Å². The van der Waals surface area contributed by atoms with Crippen molar-refractivity contribution in [3.05, 3.63) is 107 Å². The smallest absolute Gasteiger partial charge is 0.247 e. The van der Waals surface area contributed by atoms with Crippen LogP contribution in [0.15, 0.2) is 84.9 Å². The Morgan fingerprint density at radius 3 is 2.15 bits per heavy atom. The second kappa shape index (κ2) is 13.3. The van der Waals surface area contributed by atoms with E-state index in [2.05, 4.69) is 12.2 Å². The van der Waals surface area contributed by atoms with Gasteiger partial charge in [-0.2, -0.15) is 0 Å². The quantitative estimate of drug-likeness (QED) is 0.346. The number of nitrogens with zero attached hydrogens (tertiary/aromatic N) is 1. The molecule has 1 unspecified atom stereocenters. The van der Waals surface area contributed by atoms with Crippen molar-refractivity contribution < 1.29 is 14.0 Å². The minimum absolute atomic E-state index is 0.120. The van der Waals surface area contributed by atoms with E-state index in [1.54, 1.807) is 17.0 Å². The molecule has 0 aliphatic carbocycles. The number of benzene rings is 3. The highest BCUT2D eigenvalue weighted by molar-refractivity contribution is 5.88. The van der Waals surface area contributed by atoms with Gasteiger partial charge in [0, 0.05) is 19.5 Å². The Morgan fingerprint density at radius 2 is 1.50 bits per heavy atom. The largest absolute Gasteiger partial charge is 0.354 e. The summed E-state index contributed by atoms with van der Waals surface area (Å²) in [7, 11) is 0. The van der Waals surface area contributed by atoms with Crippen molar-refractivity contribution in [2.24, 2.45) is 0 Å². The van der Waals surface area contributed by atoms with E-state index in [0.717, 1.165) is 36.0 Å². The highest BCUT2D eigenvalue weighted by Gasteiger charge is 2.31. The van der Waals surface area contributed by atoms with Crippen molar-refractivity contribution in [2.75, 3.05) is 6.54 Å². The molecule has 0 aliphatic rings. The van der Waals surface area contributed by atoms with E-state index >= 15 is 0 Å². The Morgan fingerprint density at radius 1 is 0.853 bits per heavy atom. The summed E-state index contributed by atoms with van der Waals surface area (Å²) < 4.78 is 13.5. The lowest BCUT2D eigenvalue weighted by Gasteiger charge is -2.32. The first-order chi connectivity index (χ1) is 16.6. The van der Waals surface area contributed by atoms with E-state index in [-0.39, 0.29) is 30.6 Å². The summed E-state index contributed by atoms with van der Waals surface area (Å²) in [6, 6.07) is 24.5. The topological polar surface area (TPSA) is 49.4 Å². The molecule has 0 spiro atoms. The van der Waals surface area contributed by atoms with Crippen LogP contribution < -0.4 is 5.32 Å². The number of nitrogens with one attached hydrogen (secondary N) is 1. The number of halogens is 1. The fourth-order valence-corrected chi connectivity index (χ4v) is 3.94. The summed E-state index contributed by atoms with van der Waals surface area (Å²) in [6.45, 7) is 2.90. The SMILES string of the molecule is CCCCCNC(=O)C(c1ccccc1)N(Cc1ccc(F)cc1)C(=O)CCc1ccccc1. The van der Waals surface area contributed by atoms with Gasteiger partial charge in [0.15, 0.2) is 0 Å². The molecule has 0 aromatic heterocycles. The maximum atomic E-state index is 13.6. The molecule has 0 saturated heterocycles. The summed E-state index contributed by atoms with van der Waals surface area (Å²) >= 11 is 0. The van der Waals surface area contributed by atoms with Crippen molar-refractivity contribution >= 4 is 11.8 Å². The van der Waals surface area contributed by atoms with Gasteiger partial charge in [-0.15, -0.1) is 0 Å². The van der Waals surface area contributed by atoms with Crippen molar-refractivity contribution in [3.8, 4) is 0 Å². The molecule has 3 aromatic carbocycles. The summed E-state index contributed by atoms with van der Waals surface area (Å²) in [6.07, 6.45) is 3.85. The lowest BCUT2D eigenvalue weighted by molar-refractivity contribution is -0.141. The number of unbranched alkanes of at least 4 members (excludes halogenated alkanes) is 2. The summed E-state index contributed by atoms with van der Waals surface area (Å²) in [4.78, 5) is 28.6. The van der Waals surface area contributed by atoms with Gasteiger partial charge in [-0.05, 0) is 41.7 Å². The van der Waals surface area contributed by atoms with Gasteiger partial charge in [0.2, 0.25) is 11.8 Å². The van der Waals surface area contributed by atoms with Gasteiger partial charge in [0.25, 0.3) is 0 Å². The average Bonchev–Trinajstić information content (AvgIpc) is 2.87. The van der Waals surface area contributed by atoms with Gasteiger partial charge in [0.1, 0.15) is 11.9 Å². The molecule has 0 fully saturated rings. The molecular weight excluding hydrogens is 427 g/mol. The summed E-state index contributed by atoms with van der Waals surface area (Å²) in [5, 5.41) is 3.03. The van der Waals surface area contributed by atoms with Gasteiger partial charge in [-0.3, -0.25) is 9.59 Å². The summed E-state index contributed by atoms with van der Waals surface area (Å²) in [5.74, 6) is -0.651. The number of aryl methyl sites for hydroxylation is 1. The van der Waals surface area contributed by atoms with E-state index in [1.807, 2.05) is 60.7 Å². The molecule has 2 amide bonds. The Labute approximate surface area is 201 Å². The molecule has 0 radical (unpaired) electrons. The first kappa shape index (κ1) is 25.2. The third kappa shape index (κ3) is 7.55. The third-order valence-corrected chi connectivity index (χ3v) is 5.81. The molecular formula is C29H33FN2O2. The van der Waals surface area contributed by atoms with E-state index in [4.69, 9.17) is 0 Å². The number of hydrogen-bond acceptors (Lipinski definition) is 2. The Balaban J connectivity index is 1.88. The molecule has 3 rings (SSSR count). The number of hydrogen-bond donors (Lipinski definition) is 1. The van der Waals surface area contributed by atoms with Crippen LogP contribution in [-0.4, -0.2) is 23.3 Å². The number of carbonyl (C=O) groups excluding carboxylic acids is 2. The standard InChI is InChI=1S/C29H33FN2O2/c1-2-3-10-21-31-29(34)28(25-13-8-5-9-14-25)32(22-24-15-18-26(30)19-16-24)27(33)20-17-23-11-6-4-7-12-23/h4-9,11-16,18-19,28H,2-3,10,17,20-22H2,1H3,(H,31,34). The average molecular weight is 461 g/mol. The zero-order chi connectivity index (χ0) is 24.2. The van der Waals surface area contributed by atoms with Crippen LogP contribution in [0.1, 0.15) is 55.3 Å². The molecule has 34 heavy (non-hydrogen) atoms. The van der Waals surface area contributed by atoms with Crippen LogP contribution in [0.4, 0.5) is 4.39 Å². The molecule has 5 heteroatoms. The fraction of sp³-hybridized carbons (Fsp3) is 0.310. The lowest BCUT2D eigenvalue weighted by atomic mass is 10.0. The molecule has 0 aliphatic heterocycles. The number of carbonyl (C=O) groups is 2. The third-order valence-electron chi connectivity index (χ3n) is 5.81. The van der Waals surface area contributed by atoms with Gasteiger partial charge < -0.3 is 10.2 Å². The van der Waals surface area contributed by atoms with Crippen LogP contribution in [0.2, 0.25) is 0 Å². The van der Waals surface area contributed by atoms with Crippen LogP contribution in [0.3, 0.4) is 0 Å². The zero-order valence-corrected chi connectivity index (χ0v) is 19.8. The van der Waals surface area contributed by atoms with Crippen LogP contribution >= 0.6 is 0 Å². The van der Waals surface area contributed by atoms with Crippen LogP contribution in [-0.2, 0) is 22.6 Å². The predicted molar refractivity (Wildman–Crippen MR) is 133 cm³/mol. The maximum Gasteiger partial charge on any atom is 0.247 e. The van der Waals surface area contributed by atoms with Crippen molar-refractivity contribution in [2.45, 2.75) is 51.6 Å². The summed E-state index contributed by atoms with van der Waals surface area (Å²) in [5.41, 5.74) is 2.60. The molecule has 0 heterocycles. The van der Waals surface area contributed by atoms with E-state index < -0.39 is 6.04 Å². The second-order valence-corrected chi connectivity index (χ2v) is 8.45. The van der Waals surface area contributed by atoms with E-state index in [9.17, 15) is 14.0 Å². The van der Waals surface area contributed by atoms with Crippen LogP contribution in [0.5, 0.6) is 0 Å². The van der Waals surface area contributed by atoms with Crippen LogP contribution in [0, 0.1) is 5.82 Å². The Bertz CT molecular complexity index is 1020. The molecule has 4 nitrogen and oxygen atoms in total. The monoisotopic (exact) mass is 460 g/mol. The molecule has 1 N–H and O–H groups in total. The molecule has 0 saturated carbocycles. The fourth-order valence-electron chi connectivity index (χ4n) is 3.94. The number of amides is 2. The number of rotatable bonds is 12. The van der Waals surface area contributed by atoms with Gasteiger partial charge >= 0.3 is 0 Å². The van der Waals surface area contributed by atoms with E-state index in [1.165, 1.54) is 12.1 Å².